The van der Waals surface area contributed by atoms with E-state index in [1.807, 2.05) is 31.2 Å². The van der Waals surface area contributed by atoms with E-state index in [2.05, 4.69) is 20.5 Å². The third-order valence-corrected chi connectivity index (χ3v) is 3.14. The first kappa shape index (κ1) is 13.1. The van der Waals surface area contributed by atoms with Crippen LogP contribution >= 0.6 is 0 Å². The largest absolute Gasteiger partial charge is 0.345 e. The van der Waals surface area contributed by atoms with E-state index in [1.165, 1.54) is 5.56 Å². The third kappa shape index (κ3) is 2.97. The number of hydrogen-bond donors (Lipinski definition) is 2. The van der Waals surface area contributed by atoms with Crippen LogP contribution in [0.15, 0.2) is 53.9 Å². The predicted molar refractivity (Wildman–Crippen MR) is 82.3 cm³/mol. The molecular formula is C16H14N4O. The van der Waals surface area contributed by atoms with Crippen LogP contribution in [0.1, 0.15) is 21.5 Å². The first-order valence-corrected chi connectivity index (χ1v) is 6.55. The molecule has 5 nitrogen and oxygen atoms in total. The summed E-state index contributed by atoms with van der Waals surface area (Å²) in [6.45, 7) is 2.02. The summed E-state index contributed by atoms with van der Waals surface area (Å²) in [6.07, 6.45) is 3.22. The van der Waals surface area contributed by atoms with Crippen LogP contribution in [0.25, 0.3) is 11.0 Å². The van der Waals surface area contributed by atoms with Gasteiger partial charge in [-0.05, 0) is 30.7 Å². The van der Waals surface area contributed by atoms with Crippen molar-refractivity contribution in [3.8, 4) is 0 Å². The summed E-state index contributed by atoms with van der Waals surface area (Å²) in [5.74, 6) is -0.255. The molecule has 0 fully saturated rings. The topological polar surface area (TPSA) is 70.1 Å². The summed E-state index contributed by atoms with van der Waals surface area (Å²) in [6, 6.07) is 13.2. The fraction of sp³-hybridized carbons (Fsp3) is 0.0625. The average Bonchev–Trinajstić information content (AvgIpc) is 2.96. The van der Waals surface area contributed by atoms with Crippen molar-refractivity contribution in [3.05, 3.63) is 65.5 Å². The van der Waals surface area contributed by atoms with Gasteiger partial charge in [-0.15, -0.1) is 0 Å². The Morgan fingerprint density at radius 1 is 1.24 bits per heavy atom. The molecule has 0 spiro atoms. The predicted octanol–water partition coefficient (Wildman–Crippen LogP) is 2.64. The molecule has 0 saturated heterocycles. The number of amides is 1. The van der Waals surface area contributed by atoms with Crippen LogP contribution in [0, 0.1) is 6.92 Å². The fourth-order valence-electron chi connectivity index (χ4n) is 1.96. The average molecular weight is 278 g/mol. The van der Waals surface area contributed by atoms with E-state index in [9.17, 15) is 4.79 Å². The number of hydrazone groups is 1. The number of nitrogens with one attached hydrogen (secondary N) is 2. The molecule has 2 N–H and O–H groups in total. The van der Waals surface area contributed by atoms with Crippen LogP contribution in [-0.4, -0.2) is 22.1 Å². The number of imidazole rings is 1. The second kappa shape index (κ2) is 5.58. The number of aryl methyl sites for hydroxylation is 1. The summed E-state index contributed by atoms with van der Waals surface area (Å²) in [4.78, 5) is 19.1. The zero-order valence-corrected chi connectivity index (χ0v) is 11.5. The number of carbonyl (C=O) groups is 1. The van der Waals surface area contributed by atoms with Gasteiger partial charge in [-0.1, -0.05) is 29.8 Å². The quantitative estimate of drug-likeness (QED) is 0.571. The zero-order valence-electron chi connectivity index (χ0n) is 11.5. The zero-order chi connectivity index (χ0) is 14.7. The monoisotopic (exact) mass is 278 g/mol. The van der Waals surface area contributed by atoms with Crippen molar-refractivity contribution in [2.45, 2.75) is 6.92 Å². The van der Waals surface area contributed by atoms with Gasteiger partial charge in [0.2, 0.25) is 0 Å². The highest BCUT2D eigenvalue weighted by atomic mass is 16.2. The summed E-state index contributed by atoms with van der Waals surface area (Å²) in [5.41, 5.74) is 6.82. The minimum atomic E-state index is -0.255. The number of aromatic nitrogens is 2. The summed E-state index contributed by atoms with van der Waals surface area (Å²) in [7, 11) is 0. The van der Waals surface area contributed by atoms with E-state index in [1.54, 1.807) is 30.7 Å². The van der Waals surface area contributed by atoms with Gasteiger partial charge in [-0.2, -0.15) is 5.10 Å². The number of nitrogens with zero attached hydrogens (tertiary/aromatic N) is 2. The highest BCUT2D eigenvalue weighted by molar-refractivity contribution is 5.97. The standard InChI is InChI=1S/C16H14N4O/c1-11-2-4-12(5-3-11)9-19-20-16(21)13-6-7-14-15(8-13)18-10-17-14/h2-10H,1H3,(H,17,18)(H,20,21)/b19-9-. The number of rotatable bonds is 3. The molecule has 21 heavy (non-hydrogen) atoms. The van der Waals surface area contributed by atoms with Crippen LogP contribution in [0.5, 0.6) is 0 Å². The molecule has 0 radical (unpaired) electrons. The van der Waals surface area contributed by atoms with Crippen molar-refractivity contribution in [2.24, 2.45) is 5.10 Å². The maximum absolute atomic E-state index is 12.0. The third-order valence-electron chi connectivity index (χ3n) is 3.14. The molecule has 1 heterocycles. The van der Waals surface area contributed by atoms with Gasteiger partial charge in [-0.25, -0.2) is 10.4 Å². The molecule has 0 atom stereocenters. The minimum absolute atomic E-state index is 0.255. The van der Waals surface area contributed by atoms with Crippen LogP contribution in [0.3, 0.4) is 0 Å². The van der Waals surface area contributed by atoms with Gasteiger partial charge in [0.25, 0.3) is 5.91 Å². The van der Waals surface area contributed by atoms with Gasteiger partial charge in [0.05, 0.1) is 23.6 Å². The minimum Gasteiger partial charge on any atom is -0.345 e. The molecule has 0 aliphatic rings. The van der Waals surface area contributed by atoms with Crippen molar-refractivity contribution in [1.29, 1.82) is 0 Å². The lowest BCUT2D eigenvalue weighted by molar-refractivity contribution is 0.0955. The lowest BCUT2D eigenvalue weighted by atomic mass is 10.2. The Hall–Kier alpha value is -2.95. The number of benzene rings is 2. The molecule has 0 unspecified atom stereocenters. The maximum Gasteiger partial charge on any atom is 0.271 e. The first-order chi connectivity index (χ1) is 10.2. The number of aromatic amines is 1. The Labute approximate surface area is 121 Å². The van der Waals surface area contributed by atoms with E-state index in [0.29, 0.717) is 5.56 Å². The fourth-order valence-corrected chi connectivity index (χ4v) is 1.96. The van der Waals surface area contributed by atoms with Crippen molar-refractivity contribution in [2.75, 3.05) is 0 Å². The smallest absolute Gasteiger partial charge is 0.271 e. The Balaban J connectivity index is 1.69. The van der Waals surface area contributed by atoms with Crippen LogP contribution in [-0.2, 0) is 0 Å². The second-order valence-corrected chi connectivity index (χ2v) is 4.74. The molecule has 3 rings (SSSR count). The lowest BCUT2D eigenvalue weighted by Gasteiger charge is -2.00. The molecule has 0 bridgehead atoms. The van der Waals surface area contributed by atoms with E-state index >= 15 is 0 Å². The second-order valence-electron chi connectivity index (χ2n) is 4.74. The Bertz CT molecular complexity index is 803. The molecule has 104 valence electrons. The Morgan fingerprint density at radius 3 is 2.86 bits per heavy atom. The van der Waals surface area contributed by atoms with Crippen LogP contribution < -0.4 is 5.43 Å². The van der Waals surface area contributed by atoms with Gasteiger partial charge in [0.1, 0.15) is 0 Å². The highest BCUT2D eigenvalue weighted by Gasteiger charge is 2.05. The molecule has 2 aromatic carbocycles. The van der Waals surface area contributed by atoms with Gasteiger partial charge >= 0.3 is 0 Å². The number of fused-ring (bicyclic) bond motifs is 1. The number of H-pyrrole nitrogens is 1. The molecule has 0 aliphatic heterocycles. The van der Waals surface area contributed by atoms with E-state index in [4.69, 9.17) is 0 Å². The normalized spacial score (nSPS) is 11.1. The van der Waals surface area contributed by atoms with Crippen LogP contribution in [0.2, 0.25) is 0 Å². The number of hydrogen-bond acceptors (Lipinski definition) is 3. The highest BCUT2D eigenvalue weighted by Crippen LogP contribution is 2.11. The Morgan fingerprint density at radius 2 is 2.05 bits per heavy atom. The van der Waals surface area contributed by atoms with Crippen molar-refractivity contribution < 1.29 is 4.79 Å². The Kier molecular flexibility index (Phi) is 3.47. The summed E-state index contributed by atoms with van der Waals surface area (Å²) >= 11 is 0. The molecule has 1 amide bonds. The van der Waals surface area contributed by atoms with Gasteiger partial charge in [0, 0.05) is 5.56 Å². The van der Waals surface area contributed by atoms with Gasteiger partial charge in [0.15, 0.2) is 0 Å². The summed E-state index contributed by atoms with van der Waals surface area (Å²) in [5, 5.41) is 3.96. The first-order valence-electron chi connectivity index (χ1n) is 6.55. The van der Waals surface area contributed by atoms with Gasteiger partial charge in [-0.3, -0.25) is 4.79 Å². The molecule has 1 aromatic heterocycles. The van der Waals surface area contributed by atoms with Gasteiger partial charge < -0.3 is 4.98 Å². The summed E-state index contributed by atoms with van der Waals surface area (Å²) < 4.78 is 0. The lowest BCUT2D eigenvalue weighted by Crippen LogP contribution is -2.17. The van der Waals surface area contributed by atoms with Crippen LogP contribution in [0.4, 0.5) is 0 Å². The van der Waals surface area contributed by atoms with E-state index in [0.717, 1.165) is 16.6 Å². The SMILES string of the molecule is Cc1ccc(/C=N\NC(=O)c2ccc3nc[nH]c3c2)cc1. The van der Waals surface area contributed by atoms with Crippen molar-refractivity contribution in [3.63, 3.8) is 0 Å². The molecule has 0 saturated carbocycles. The van der Waals surface area contributed by atoms with E-state index in [-0.39, 0.29) is 5.91 Å². The molecule has 3 aromatic rings. The van der Waals surface area contributed by atoms with E-state index < -0.39 is 0 Å². The molecular weight excluding hydrogens is 264 g/mol. The molecule has 0 aliphatic carbocycles. The van der Waals surface area contributed by atoms with Crippen molar-refractivity contribution >= 4 is 23.2 Å². The number of carbonyl (C=O) groups excluding carboxylic acids is 1. The molecule has 5 heteroatoms. The van der Waals surface area contributed by atoms with Crippen molar-refractivity contribution in [1.82, 2.24) is 15.4 Å². The maximum atomic E-state index is 12.0.